The van der Waals surface area contributed by atoms with Crippen LogP contribution in [0.5, 0.6) is 5.75 Å². The second kappa shape index (κ2) is 3.69. The Morgan fingerprint density at radius 1 is 1.77 bits per heavy atom. The van der Waals surface area contributed by atoms with Gasteiger partial charge in [-0.05, 0) is 0 Å². The first kappa shape index (κ1) is 9.91. The van der Waals surface area contributed by atoms with E-state index >= 15 is 0 Å². The molecule has 0 unspecified atom stereocenters. The molecule has 0 aliphatic rings. The number of rotatable bonds is 2. The van der Waals surface area contributed by atoms with Gasteiger partial charge in [0, 0.05) is 18.6 Å². The molecule has 1 aromatic rings. The zero-order chi connectivity index (χ0) is 10.0. The van der Waals surface area contributed by atoms with Gasteiger partial charge in [0.15, 0.2) is 11.4 Å². The summed E-state index contributed by atoms with van der Waals surface area (Å²) in [5.74, 6) is -0.322. The van der Waals surface area contributed by atoms with Crippen LogP contribution in [0.2, 0.25) is 0 Å². The number of nitrogens with zero attached hydrogens (tertiary/aromatic N) is 2. The molecule has 7 heteroatoms. The molecule has 0 fully saturated rings. The number of ether oxygens (including phenoxy) is 1. The third-order valence-corrected chi connectivity index (χ3v) is 1.30. The fraction of sp³-hybridized carbons (Fsp3) is 0.333. The highest BCUT2D eigenvalue weighted by Crippen LogP contribution is 2.27. The number of hydrogen-bond acceptors (Lipinski definition) is 3. The van der Waals surface area contributed by atoms with Crippen LogP contribution in [0.15, 0.2) is 6.20 Å². The molecule has 0 radical (unpaired) electrons. The maximum absolute atomic E-state index is 12.2. The van der Waals surface area contributed by atoms with Crippen molar-refractivity contribution in [3.05, 3.63) is 11.9 Å². The van der Waals surface area contributed by atoms with Gasteiger partial charge in [-0.15, -0.1) is 0 Å². The van der Waals surface area contributed by atoms with Crippen molar-refractivity contribution in [3.8, 4) is 5.75 Å². The molecule has 0 bridgehead atoms. The van der Waals surface area contributed by atoms with Gasteiger partial charge >= 0.3 is 5.43 Å². The molecule has 0 saturated heterocycles. The van der Waals surface area contributed by atoms with E-state index in [0.29, 0.717) is 0 Å². The topological polar surface area (TPSA) is 44.1 Å². The summed E-state index contributed by atoms with van der Waals surface area (Å²) >= 11 is 4.86. The molecule has 4 nitrogen and oxygen atoms in total. The van der Waals surface area contributed by atoms with Crippen LogP contribution in [-0.2, 0) is 7.05 Å². The molecule has 0 amide bonds. The lowest BCUT2D eigenvalue weighted by Gasteiger charge is -1.97. The lowest BCUT2D eigenvalue weighted by atomic mass is 10.4. The van der Waals surface area contributed by atoms with E-state index in [1.165, 1.54) is 7.05 Å². The predicted octanol–water partition coefficient (Wildman–Crippen LogP) is 2.10. The summed E-state index contributed by atoms with van der Waals surface area (Å²) in [5.41, 5.74) is -1.77. The summed E-state index contributed by atoms with van der Waals surface area (Å²) < 4.78 is 29.8. The van der Waals surface area contributed by atoms with Gasteiger partial charge in [-0.1, -0.05) is 0 Å². The molecule has 13 heavy (non-hydrogen) atoms. The van der Waals surface area contributed by atoms with Crippen LogP contribution in [0.4, 0.5) is 13.6 Å². The van der Waals surface area contributed by atoms with Crippen LogP contribution in [0.25, 0.3) is 0 Å². The molecular weight excluding hydrogens is 206 g/mol. The van der Waals surface area contributed by atoms with E-state index in [4.69, 9.17) is 11.6 Å². The first-order chi connectivity index (χ1) is 6.00. The quantitative estimate of drug-likeness (QED) is 0.702. The van der Waals surface area contributed by atoms with Gasteiger partial charge in [-0.2, -0.15) is 5.10 Å². The first-order valence-electron chi connectivity index (χ1n) is 3.19. The van der Waals surface area contributed by atoms with Crippen LogP contribution in [0.1, 0.15) is 12.1 Å². The number of aromatic nitrogens is 2. The normalized spacial score (nSPS) is 10.5. The number of halogens is 3. The lowest BCUT2D eigenvalue weighted by Crippen LogP contribution is -1.98. The molecule has 1 aromatic heterocycles. The Labute approximate surface area is 77.0 Å². The Morgan fingerprint density at radius 2 is 2.38 bits per heavy atom. The van der Waals surface area contributed by atoms with E-state index in [1.807, 2.05) is 0 Å². The van der Waals surface area contributed by atoms with Gasteiger partial charge in [0.05, 0.1) is 6.20 Å². The van der Waals surface area contributed by atoms with E-state index in [1.54, 1.807) is 0 Å². The Bertz CT molecular complexity index is 326. The van der Waals surface area contributed by atoms with E-state index < -0.39 is 17.5 Å². The molecule has 0 N–H and O–H groups in total. The molecule has 0 aliphatic carbocycles. The van der Waals surface area contributed by atoms with Gasteiger partial charge in [0.2, 0.25) is 0 Å². The highest BCUT2D eigenvalue weighted by molar-refractivity contribution is 6.61. The predicted molar refractivity (Wildman–Crippen MR) is 40.0 cm³/mol. The van der Waals surface area contributed by atoms with Crippen molar-refractivity contribution < 1.29 is 18.3 Å². The van der Waals surface area contributed by atoms with Crippen LogP contribution in [0, 0.1) is 0 Å². The smallest absolute Gasteiger partial charge is 0.409 e. The van der Waals surface area contributed by atoms with Crippen LogP contribution in [0.3, 0.4) is 0 Å². The van der Waals surface area contributed by atoms with Crippen molar-refractivity contribution in [2.75, 3.05) is 0 Å². The van der Waals surface area contributed by atoms with Crippen molar-refractivity contribution >= 4 is 17.0 Å². The molecule has 0 atom stereocenters. The highest BCUT2D eigenvalue weighted by atomic mass is 35.5. The van der Waals surface area contributed by atoms with Gasteiger partial charge in [-0.25, -0.2) is 13.6 Å². The fourth-order valence-corrected chi connectivity index (χ4v) is 0.883. The molecule has 0 saturated carbocycles. The molecule has 0 aliphatic heterocycles. The van der Waals surface area contributed by atoms with Gasteiger partial charge < -0.3 is 4.74 Å². The first-order valence-corrected chi connectivity index (χ1v) is 3.57. The monoisotopic (exact) mass is 210 g/mol. The molecule has 0 aromatic carbocycles. The van der Waals surface area contributed by atoms with E-state index in [9.17, 15) is 13.6 Å². The number of aryl methyl sites for hydroxylation is 1. The minimum Gasteiger partial charge on any atom is -0.411 e. The zero-order valence-corrected chi connectivity index (χ0v) is 7.26. The van der Waals surface area contributed by atoms with Crippen molar-refractivity contribution in [1.82, 2.24) is 9.78 Å². The molecule has 0 spiro atoms. The van der Waals surface area contributed by atoms with Crippen LogP contribution >= 0.6 is 11.6 Å². The number of carbonyl (C=O) groups is 1. The number of alkyl halides is 2. The highest BCUT2D eigenvalue weighted by Gasteiger charge is 2.20. The largest absolute Gasteiger partial charge is 0.411 e. The minimum atomic E-state index is -2.80. The summed E-state index contributed by atoms with van der Waals surface area (Å²) in [6.45, 7) is 0. The van der Waals surface area contributed by atoms with Gasteiger partial charge in [0.1, 0.15) is 0 Å². The molecule has 72 valence electrons. The van der Waals surface area contributed by atoms with Crippen molar-refractivity contribution in [2.24, 2.45) is 7.05 Å². The number of hydrogen-bond donors (Lipinski definition) is 0. The van der Waals surface area contributed by atoms with Crippen molar-refractivity contribution in [1.29, 1.82) is 0 Å². The maximum Gasteiger partial charge on any atom is 0.409 e. The summed E-state index contributed by atoms with van der Waals surface area (Å²) in [6.07, 6.45) is -1.66. The number of carbonyl (C=O) groups excluding carboxylic acids is 1. The van der Waals surface area contributed by atoms with Crippen molar-refractivity contribution in [2.45, 2.75) is 6.43 Å². The molecule has 1 rings (SSSR count). The van der Waals surface area contributed by atoms with Crippen LogP contribution in [-0.4, -0.2) is 15.2 Å². The maximum atomic E-state index is 12.2. The average Bonchev–Trinajstić information content (AvgIpc) is 2.29. The van der Waals surface area contributed by atoms with E-state index in [2.05, 4.69) is 9.84 Å². The standard InChI is InChI=1S/C6H5ClF2N2O2/c1-11-2-3(13-6(7)12)4(10-11)5(8)9/h2,5H,1H3. The van der Waals surface area contributed by atoms with Gasteiger partial charge in [-0.3, -0.25) is 4.68 Å². The summed E-state index contributed by atoms with van der Waals surface area (Å²) in [4.78, 5) is 10.3. The SMILES string of the molecule is Cn1cc(OC(=O)Cl)c(C(F)F)n1. The molecule has 1 heterocycles. The third-order valence-electron chi connectivity index (χ3n) is 1.22. The zero-order valence-electron chi connectivity index (χ0n) is 6.50. The Hall–Kier alpha value is -1.17. The van der Waals surface area contributed by atoms with E-state index in [-0.39, 0.29) is 5.75 Å². The third kappa shape index (κ3) is 2.38. The summed E-state index contributed by atoms with van der Waals surface area (Å²) in [5, 5.41) is 3.39. The summed E-state index contributed by atoms with van der Waals surface area (Å²) in [7, 11) is 1.43. The Morgan fingerprint density at radius 3 is 2.85 bits per heavy atom. The second-order valence-corrected chi connectivity index (χ2v) is 2.50. The fourth-order valence-electron chi connectivity index (χ4n) is 0.800. The Balaban J connectivity index is 2.97. The van der Waals surface area contributed by atoms with Gasteiger partial charge in [0.25, 0.3) is 6.43 Å². The minimum absolute atomic E-state index is 0.322. The molecular formula is C6H5ClF2N2O2. The second-order valence-electron chi connectivity index (χ2n) is 2.19. The summed E-state index contributed by atoms with van der Waals surface area (Å²) in [6, 6.07) is 0. The average molecular weight is 211 g/mol. The Kier molecular flexibility index (Phi) is 2.82. The van der Waals surface area contributed by atoms with Crippen LogP contribution < -0.4 is 4.74 Å². The van der Waals surface area contributed by atoms with E-state index in [0.717, 1.165) is 10.9 Å². The lowest BCUT2D eigenvalue weighted by molar-refractivity contribution is 0.141. The van der Waals surface area contributed by atoms with Crippen molar-refractivity contribution in [3.63, 3.8) is 0 Å².